The Morgan fingerprint density at radius 2 is 1.29 bits per heavy atom. The molecule has 0 radical (unpaired) electrons. The van der Waals surface area contributed by atoms with Crippen LogP contribution in [-0.2, 0) is 4.79 Å². The molecule has 1 aliphatic rings. The second-order valence-corrected chi connectivity index (χ2v) is 6.44. The SMILES string of the molecule is C=C(C)C.CC(C)=O.CCCC(CCC)N1CCCCC1. The fraction of sp³-hybridized carbons (Fsp3) is 0.842. The maximum atomic E-state index is 9.44. The van der Waals surface area contributed by atoms with E-state index in [1.807, 2.05) is 13.8 Å². The summed E-state index contributed by atoms with van der Waals surface area (Å²) in [7, 11) is 0. The second kappa shape index (κ2) is 15.8. The Labute approximate surface area is 134 Å². The number of hydrogen-bond acceptors (Lipinski definition) is 2. The first kappa shape index (κ1) is 22.6. The quantitative estimate of drug-likeness (QED) is 0.614. The number of nitrogens with zero attached hydrogens (tertiary/aromatic N) is 1. The molecule has 0 N–H and O–H groups in total. The molecule has 1 heterocycles. The number of hydrogen-bond donors (Lipinski definition) is 0. The van der Waals surface area contributed by atoms with Crippen LogP contribution >= 0.6 is 0 Å². The van der Waals surface area contributed by atoms with E-state index in [0.29, 0.717) is 0 Å². The average molecular weight is 298 g/mol. The van der Waals surface area contributed by atoms with Crippen molar-refractivity contribution in [2.24, 2.45) is 0 Å². The van der Waals surface area contributed by atoms with Gasteiger partial charge in [0, 0.05) is 6.04 Å². The lowest BCUT2D eigenvalue weighted by molar-refractivity contribution is -0.114. The molecule has 0 amide bonds. The monoisotopic (exact) mass is 297 g/mol. The average Bonchev–Trinajstić information content (AvgIpc) is 2.38. The molecule has 0 atom stereocenters. The van der Waals surface area contributed by atoms with Gasteiger partial charge in [-0.2, -0.15) is 0 Å². The summed E-state index contributed by atoms with van der Waals surface area (Å²) in [6, 6.07) is 0.898. The van der Waals surface area contributed by atoms with Crippen molar-refractivity contribution in [1.82, 2.24) is 4.90 Å². The Balaban J connectivity index is 0. The molecule has 0 aromatic rings. The number of piperidine rings is 1. The standard InChI is InChI=1S/C12H25N.C4H8.C3H6O/c1-3-8-12(9-4-2)13-10-6-5-7-11-13;1-4(2)3;1-3(2)4/h12H,3-11H2,1-2H3;1H2,2-3H3;1-2H3. The van der Waals surface area contributed by atoms with E-state index in [9.17, 15) is 4.79 Å². The van der Waals surface area contributed by atoms with Crippen molar-refractivity contribution in [2.75, 3.05) is 13.1 Å². The first-order chi connectivity index (χ1) is 9.84. The third-order valence-corrected chi connectivity index (χ3v) is 3.15. The minimum Gasteiger partial charge on any atom is -0.300 e. The summed E-state index contributed by atoms with van der Waals surface area (Å²) >= 11 is 0. The lowest BCUT2D eigenvalue weighted by Gasteiger charge is -2.34. The highest BCUT2D eigenvalue weighted by atomic mass is 16.1. The van der Waals surface area contributed by atoms with Gasteiger partial charge in [0.2, 0.25) is 0 Å². The van der Waals surface area contributed by atoms with Crippen LogP contribution in [0.1, 0.15) is 86.5 Å². The van der Waals surface area contributed by atoms with Crippen LogP contribution in [0.4, 0.5) is 0 Å². The van der Waals surface area contributed by atoms with Crippen LogP contribution in [0.25, 0.3) is 0 Å². The van der Waals surface area contributed by atoms with Gasteiger partial charge < -0.3 is 9.69 Å². The Bertz CT molecular complexity index is 228. The van der Waals surface area contributed by atoms with Gasteiger partial charge in [-0.15, -0.1) is 6.58 Å². The molecular weight excluding hydrogens is 258 g/mol. The predicted octanol–water partition coefficient (Wildman–Crippen LogP) is 5.62. The lowest BCUT2D eigenvalue weighted by Crippen LogP contribution is -2.39. The van der Waals surface area contributed by atoms with Crippen LogP contribution in [0.2, 0.25) is 0 Å². The fourth-order valence-corrected chi connectivity index (χ4v) is 2.46. The lowest BCUT2D eigenvalue weighted by atomic mass is 10.0. The van der Waals surface area contributed by atoms with Crippen molar-refractivity contribution in [3.63, 3.8) is 0 Å². The maximum absolute atomic E-state index is 9.44. The summed E-state index contributed by atoms with van der Waals surface area (Å²) < 4.78 is 0. The molecule has 0 bridgehead atoms. The molecule has 0 aliphatic carbocycles. The minimum absolute atomic E-state index is 0.167. The van der Waals surface area contributed by atoms with E-state index < -0.39 is 0 Å². The molecule has 1 saturated heterocycles. The molecule has 0 aromatic heterocycles. The molecular formula is C19H39NO. The van der Waals surface area contributed by atoms with Crippen molar-refractivity contribution < 1.29 is 4.79 Å². The molecule has 1 aliphatic heterocycles. The summed E-state index contributed by atoms with van der Waals surface area (Å²) in [4.78, 5) is 12.2. The van der Waals surface area contributed by atoms with Crippen LogP contribution in [0.15, 0.2) is 12.2 Å². The Kier molecular flexibility index (Phi) is 17.0. The largest absolute Gasteiger partial charge is 0.300 e. The van der Waals surface area contributed by atoms with Gasteiger partial charge in [0.15, 0.2) is 0 Å². The number of Topliss-reactive ketones (excluding diaryl/α,β-unsaturated/α-hetero) is 1. The highest BCUT2D eigenvalue weighted by Gasteiger charge is 2.18. The Morgan fingerprint density at radius 3 is 1.57 bits per heavy atom. The number of ketones is 1. The number of likely N-dealkylation sites (tertiary alicyclic amines) is 1. The summed E-state index contributed by atoms with van der Waals surface area (Å²) in [5, 5.41) is 0. The second-order valence-electron chi connectivity index (χ2n) is 6.44. The van der Waals surface area contributed by atoms with Crippen LogP contribution in [0.3, 0.4) is 0 Å². The predicted molar refractivity (Wildman–Crippen MR) is 95.9 cm³/mol. The van der Waals surface area contributed by atoms with Gasteiger partial charge in [-0.1, -0.05) is 38.7 Å². The van der Waals surface area contributed by atoms with Crippen molar-refractivity contribution in [3.05, 3.63) is 12.2 Å². The molecule has 0 spiro atoms. The number of carbonyl (C=O) groups is 1. The molecule has 126 valence electrons. The van der Waals surface area contributed by atoms with E-state index in [1.165, 1.54) is 77.5 Å². The van der Waals surface area contributed by atoms with E-state index in [0.717, 1.165) is 6.04 Å². The summed E-state index contributed by atoms with van der Waals surface area (Å²) in [5.74, 6) is 0.167. The van der Waals surface area contributed by atoms with E-state index >= 15 is 0 Å². The van der Waals surface area contributed by atoms with E-state index in [2.05, 4.69) is 25.3 Å². The van der Waals surface area contributed by atoms with E-state index in [-0.39, 0.29) is 5.78 Å². The fourth-order valence-electron chi connectivity index (χ4n) is 2.46. The normalized spacial score (nSPS) is 14.6. The molecule has 21 heavy (non-hydrogen) atoms. The van der Waals surface area contributed by atoms with Gasteiger partial charge in [-0.05, 0) is 66.5 Å². The van der Waals surface area contributed by atoms with Crippen molar-refractivity contribution in [1.29, 1.82) is 0 Å². The third kappa shape index (κ3) is 19.4. The molecule has 0 aromatic carbocycles. The van der Waals surface area contributed by atoms with Gasteiger partial charge in [-0.25, -0.2) is 0 Å². The van der Waals surface area contributed by atoms with Crippen LogP contribution < -0.4 is 0 Å². The van der Waals surface area contributed by atoms with Crippen LogP contribution in [0.5, 0.6) is 0 Å². The highest BCUT2D eigenvalue weighted by Crippen LogP contribution is 2.18. The zero-order valence-electron chi connectivity index (χ0n) is 15.5. The first-order valence-corrected chi connectivity index (χ1v) is 8.68. The van der Waals surface area contributed by atoms with Crippen molar-refractivity contribution in [2.45, 2.75) is 92.5 Å². The third-order valence-electron chi connectivity index (χ3n) is 3.15. The molecule has 1 fully saturated rings. The molecule has 0 saturated carbocycles. The van der Waals surface area contributed by atoms with Gasteiger partial charge in [-0.3, -0.25) is 0 Å². The van der Waals surface area contributed by atoms with Crippen LogP contribution in [0, 0.1) is 0 Å². The minimum atomic E-state index is 0.167. The van der Waals surface area contributed by atoms with Crippen molar-refractivity contribution >= 4 is 5.78 Å². The van der Waals surface area contributed by atoms with Crippen molar-refractivity contribution in [3.8, 4) is 0 Å². The highest BCUT2D eigenvalue weighted by molar-refractivity contribution is 5.72. The number of carbonyl (C=O) groups excluding carboxylic acids is 1. The zero-order valence-corrected chi connectivity index (χ0v) is 15.5. The molecule has 2 nitrogen and oxygen atoms in total. The molecule has 0 unspecified atom stereocenters. The molecule has 2 heteroatoms. The first-order valence-electron chi connectivity index (χ1n) is 8.68. The van der Waals surface area contributed by atoms with Gasteiger partial charge in [0.05, 0.1) is 0 Å². The molecule has 1 rings (SSSR count). The smallest absolute Gasteiger partial charge is 0.126 e. The summed E-state index contributed by atoms with van der Waals surface area (Å²) in [6.07, 6.45) is 9.85. The number of allylic oxidation sites excluding steroid dienone is 1. The topological polar surface area (TPSA) is 20.3 Å². The maximum Gasteiger partial charge on any atom is 0.126 e. The van der Waals surface area contributed by atoms with E-state index in [4.69, 9.17) is 0 Å². The van der Waals surface area contributed by atoms with Gasteiger partial charge >= 0.3 is 0 Å². The summed E-state index contributed by atoms with van der Waals surface area (Å²) in [5.41, 5.74) is 1.17. The number of rotatable bonds is 5. The summed E-state index contributed by atoms with van der Waals surface area (Å²) in [6.45, 7) is 17.9. The Morgan fingerprint density at radius 1 is 0.952 bits per heavy atom. The Hall–Kier alpha value is -0.630. The van der Waals surface area contributed by atoms with E-state index in [1.54, 1.807) is 0 Å². The van der Waals surface area contributed by atoms with Gasteiger partial charge in [0.25, 0.3) is 0 Å². The van der Waals surface area contributed by atoms with Crippen LogP contribution in [-0.4, -0.2) is 29.8 Å². The van der Waals surface area contributed by atoms with Gasteiger partial charge in [0.1, 0.15) is 5.78 Å². The zero-order chi connectivity index (χ0) is 16.7.